The Balaban J connectivity index is 1.02. The minimum absolute atomic E-state index is 0.641. The Bertz CT molecular complexity index is 3530. The minimum atomic E-state index is 0.641. The van der Waals surface area contributed by atoms with Gasteiger partial charge >= 0.3 is 0 Å². The molecule has 7 heteroatoms. The highest BCUT2D eigenvalue weighted by atomic mass is 32.1. The summed E-state index contributed by atoms with van der Waals surface area (Å²) in [5, 5.41) is 5.69. The molecule has 4 heterocycles. The van der Waals surface area contributed by atoms with Gasteiger partial charge in [0.25, 0.3) is 0 Å². The van der Waals surface area contributed by atoms with Crippen molar-refractivity contribution in [1.82, 2.24) is 24.5 Å². The number of para-hydroxylation sites is 3. The topological polar surface area (TPSA) is 56.5 Å². The van der Waals surface area contributed by atoms with Crippen molar-refractivity contribution in [3.05, 3.63) is 188 Å². The smallest absolute Gasteiger partial charge is 0.165 e. The fourth-order valence-corrected chi connectivity index (χ4v) is 10.5. The van der Waals surface area contributed by atoms with Crippen molar-refractivity contribution >= 4 is 74.9 Å². The van der Waals surface area contributed by atoms with Crippen LogP contribution in [-0.2, 0) is 0 Å². The summed E-state index contributed by atoms with van der Waals surface area (Å²) in [7, 11) is 0. The van der Waals surface area contributed by atoms with Crippen LogP contribution in [0.2, 0.25) is 0 Å². The summed E-state index contributed by atoms with van der Waals surface area (Å²) in [5.74, 6) is 1.94. The average Bonchev–Trinajstić information content (AvgIpc) is 4.01. The van der Waals surface area contributed by atoms with Gasteiger partial charge in [-0.15, -0.1) is 22.7 Å². The van der Waals surface area contributed by atoms with Crippen LogP contribution in [0.5, 0.6) is 0 Å². The Morgan fingerprint density at radius 3 is 1.90 bits per heavy atom. The number of aromatic nitrogens is 5. The van der Waals surface area contributed by atoms with Crippen LogP contribution < -0.4 is 0 Å². The van der Waals surface area contributed by atoms with Crippen molar-refractivity contribution in [2.75, 3.05) is 0 Å². The van der Waals surface area contributed by atoms with Crippen LogP contribution in [0.15, 0.2) is 188 Å². The van der Waals surface area contributed by atoms with Gasteiger partial charge in [0, 0.05) is 58.9 Å². The van der Waals surface area contributed by atoms with Crippen molar-refractivity contribution < 1.29 is 0 Å². The number of hydrogen-bond donors (Lipinski definition) is 0. The number of thiophene rings is 1. The normalized spacial score (nSPS) is 11.7. The quantitative estimate of drug-likeness (QED) is 0.168. The van der Waals surface area contributed by atoms with Crippen LogP contribution in [-0.4, -0.2) is 24.5 Å². The van der Waals surface area contributed by atoms with Crippen molar-refractivity contribution in [2.24, 2.45) is 0 Å². The van der Waals surface area contributed by atoms with E-state index in [4.69, 9.17) is 19.9 Å². The van der Waals surface area contributed by atoms with Crippen LogP contribution in [0.3, 0.4) is 0 Å². The first-order valence-corrected chi connectivity index (χ1v) is 21.2. The Hall–Kier alpha value is -7.32. The van der Waals surface area contributed by atoms with E-state index in [1.807, 2.05) is 24.3 Å². The number of rotatable bonds is 6. The van der Waals surface area contributed by atoms with Gasteiger partial charge < -0.3 is 4.57 Å². The van der Waals surface area contributed by atoms with E-state index in [9.17, 15) is 0 Å². The molecule has 0 saturated heterocycles. The summed E-state index contributed by atoms with van der Waals surface area (Å²) in [6, 6.07) is 66.2. The first-order chi connectivity index (χ1) is 29.2. The Morgan fingerprint density at radius 2 is 1.02 bits per heavy atom. The number of benzene rings is 8. The maximum Gasteiger partial charge on any atom is 0.165 e. The average molecular weight is 790 g/mol. The Morgan fingerprint density at radius 1 is 0.373 bits per heavy atom. The maximum absolute atomic E-state index is 5.35. The molecule has 0 atom stereocenters. The molecule has 0 unspecified atom stereocenters. The first-order valence-electron chi connectivity index (χ1n) is 19.5. The van der Waals surface area contributed by atoms with Crippen molar-refractivity contribution in [2.45, 2.75) is 0 Å². The molecule has 0 aliphatic rings. The van der Waals surface area contributed by atoms with Gasteiger partial charge in [0.15, 0.2) is 17.5 Å². The lowest BCUT2D eigenvalue weighted by Gasteiger charge is -2.11. The number of hydrogen-bond acceptors (Lipinski definition) is 6. The molecule has 0 aliphatic heterocycles. The summed E-state index contributed by atoms with van der Waals surface area (Å²) < 4.78 is 5.90. The standard InChI is InChI=1S/C52H31N5S2/c1-3-14-32(15-4-1)49-54-50(39-22-13-26-44-47(39)38-20-7-9-25-43(38)57(44)36-18-5-2-6-19-36)56-51(55-49)40-23-12-21-37-41-31-34(28-29-45(41)58-48(37)40)33-16-11-17-35(30-33)52-53-42-24-8-10-27-46(42)59-52/h1-31H. The van der Waals surface area contributed by atoms with E-state index in [1.165, 1.54) is 25.7 Å². The van der Waals surface area contributed by atoms with Crippen LogP contribution in [0.1, 0.15) is 0 Å². The monoisotopic (exact) mass is 789 g/mol. The fourth-order valence-electron chi connectivity index (χ4n) is 8.38. The van der Waals surface area contributed by atoms with E-state index >= 15 is 0 Å². The van der Waals surface area contributed by atoms with Crippen molar-refractivity contribution in [3.8, 4) is 61.5 Å². The molecule has 0 bridgehead atoms. The van der Waals surface area contributed by atoms with E-state index in [1.54, 1.807) is 22.7 Å². The number of fused-ring (bicyclic) bond motifs is 7. The Kier molecular flexibility index (Phi) is 7.82. The minimum Gasteiger partial charge on any atom is -0.309 e. The number of thiazole rings is 1. The van der Waals surface area contributed by atoms with Crippen LogP contribution in [0.25, 0.3) is 114 Å². The summed E-state index contributed by atoms with van der Waals surface area (Å²) in [4.78, 5) is 20.7. The zero-order valence-electron chi connectivity index (χ0n) is 31.5. The fraction of sp³-hybridized carbons (Fsp3) is 0. The highest BCUT2D eigenvalue weighted by molar-refractivity contribution is 7.26. The molecule has 12 aromatic rings. The van der Waals surface area contributed by atoms with Gasteiger partial charge in [-0.2, -0.15) is 0 Å². The van der Waals surface area contributed by atoms with Gasteiger partial charge in [0.2, 0.25) is 0 Å². The number of nitrogens with zero attached hydrogens (tertiary/aromatic N) is 5. The second kappa shape index (κ2) is 13.7. The van der Waals surface area contributed by atoms with E-state index in [-0.39, 0.29) is 0 Å². The third-order valence-electron chi connectivity index (χ3n) is 11.1. The third-order valence-corrected chi connectivity index (χ3v) is 13.4. The molecule has 0 fully saturated rings. The predicted octanol–water partition coefficient (Wildman–Crippen LogP) is 14.3. The molecule has 5 nitrogen and oxygen atoms in total. The second-order valence-electron chi connectivity index (χ2n) is 14.6. The van der Waals surface area contributed by atoms with E-state index < -0.39 is 0 Å². The molecule has 59 heavy (non-hydrogen) atoms. The first kappa shape index (κ1) is 33.8. The van der Waals surface area contributed by atoms with Crippen LogP contribution in [0, 0.1) is 0 Å². The third kappa shape index (κ3) is 5.66. The molecule has 8 aromatic carbocycles. The summed E-state index contributed by atoms with van der Waals surface area (Å²) in [6.45, 7) is 0. The van der Waals surface area contributed by atoms with Crippen molar-refractivity contribution in [3.63, 3.8) is 0 Å². The summed E-state index contributed by atoms with van der Waals surface area (Å²) in [5.41, 5.74) is 10.7. The lowest BCUT2D eigenvalue weighted by atomic mass is 10.0. The van der Waals surface area contributed by atoms with E-state index in [2.05, 4.69) is 168 Å². The molecular weight excluding hydrogens is 759 g/mol. The van der Waals surface area contributed by atoms with E-state index in [0.717, 1.165) is 70.5 Å². The molecule has 0 saturated carbocycles. The highest BCUT2D eigenvalue weighted by Crippen LogP contribution is 2.43. The SMILES string of the molecule is c1ccc(-c2nc(-c3cccc4c3sc3ccc(-c5cccc(-c6nc7ccccc7s6)c5)cc34)nc(-c3cccc4c3c3ccccc3n4-c3ccccc3)n2)cc1. The highest BCUT2D eigenvalue weighted by Gasteiger charge is 2.21. The molecule has 0 N–H and O–H groups in total. The second-order valence-corrected chi connectivity index (χ2v) is 16.7. The molecule has 0 amide bonds. The zero-order valence-corrected chi connectivity index (χ0v) is 33.1. The largest absolute Gasteiger partial charge is 0.309 e. The van der Waals surface area contributed by atoms with Gasteiger partial charge in [-0.05, 0) is 71.8 Å². The van der Waals surface area contributed by atoms with Gasteiger partial charge in [0.05, 0.1) is 21.3 Å². The molecule has 0 spiro atoms. The predicted molar refractivity (Wildman–Crippen MR) is 247 cm³/mol. The molecule has 4 aromatic heterocycles. The van der Waals surface area contributed by atoms with Gasteiger partial charge in [-0.25, -0.2) is 19.9 Å². The maximum atomic E-state index is 5.35. The van der Waals surface area contributed by atoms with Gasteiger partial charge in [-0.3, -0.25) is 0 Å². The van der Waals surface area contributed by atoms with E-state index in [0.29, 0.717) is 17.5 Å². The van der Waals surface area contributed by atoms with Crippen LogP contribution in [0.4, 0.5) is 0 Å². The molecule has 12 rings (SSSR count). The molecule has 0 radical (unpaired) electrons. The van der Waals surface area contributed by atoms with Crippen LogP contribution >= 0.6 is 22.7 Å². The summed E-state index contributed by atoms with van der Waals surface area (Å²) in [6.07, 6.45) is 0. The Labute approximate surface area is 347 Å². The zero-order chi connectivity index (χ0) is 38.9. The lowest BCUT2D eigenvalue weighted by Crippen LogP contribution is -2.00. The van der Waals surface area contributed by atoms with Gasteiger partial charge in [-0.1, -0.05) is 127 Å². The molecular formula is C52H31N5S2. The molecule has 0 aliphatic carbocycles. The lowest BCUT2D eigenvalue weighted by molar-refractivity contribution is 1.08. The van der Waals surface area contributed by atoms with Gasteiger partial charge in [0.1, 0.15) is 5.01 Å². The summed E-state index contributed by atoms with van der Waals surface area (Å²) >= 11 is 3.52. The van der Waals surface area contributed by atoms with Crippen molar-refractivity contribution in [1.29, 1.82) is 0 Å². The molecule has 276 valence electrons.